The summed E-state index contributed by atoms with van der Waals surface area (Å²) in [7, 11) is 1.39. The van der Waals surface area contributed by atoms with E-state index in [1.807, 2.05) is 0 Å². The van der Waals surface area contributed by atoms with Gasteiger partial charge in [0.15, 0.2) is 23.1 Å². The number of nitrogens with zero attached hydrogens (tertiary/aromatic N) is 3. The van der Waals surface area contributed by atoms with E-state index in [1.165, 1.54) is 19.3 Å². The number of rotatable bonds is 6. The predicted molar refractivity (Wildman–Crippen MR) is 125 cm³/mol. The van der Waals surface area contributed by atoms with E-state index in [2.05, 4.69) is 32.2 Å². The van der Waals surface area contributed by atoms with Crippen molar-refractivity contribution < 1.29 is 28.1 Å². The summed E-state index contributed by atoms with van der Waals surface area (Å²) >= 11 is 0. The highest BCUT2D eigenvalue weighted by Crippen LogP contribution is 2.45. The minimum atomic E-state index is -0.590. The van der Waals surface area contributed by atoms with Gasteiger partial charge in [0.1, 0.15) is 13.2 Å². The molecule has 0 unspecified atom stereocenters. The van der Waals surface area contributed by atoms with E-state index in [4.69, 9.17) is 18.9 Å². The molecule has 3 aromatic rings. The van der Waals surface area contributed by atoms with Crippen LogP contribution < -0.4 is 24.8 Å². The molecule has 2 atom stereocenters. The van der Waals surface area contributed by atoms with E-state index in [9.17, 15) is 4.79 Å². The van der Waals surface area contributed by atoms with Crippen molar-refractivity contribution in [2.45, 2.75) is 18.5 Å². The van der Waals surface area contributed by atoms with Gasteiger partial charge in [0, 0.05) is 24.3 Å². The maximum atomic E-state index is 15.2. The van der Waals surface area contributed by atoms with Gasteiger partial charge in [-0.15, -0.1) is 0 Å². The number of ether oxygens (including phenoxy) is 4. The molecule has 0 spiro atoms. The fraction of sp³-hybridized carbons (Fsp3) is 0.333. The number of carbonyl (C=O) groups excluding carboxylic acids is 1. The van der Waals surface area contributed by atoms with Crippen LogP contribution in [0, 0.1) is 5.82 Å². The number of benzene rings is 1. The zero-order valence-electron chi connectivity index (χ0n) is 19.0. The average Bonchev–Trinajstić information content (AvgIpc) is 2.89. The van der Waals surface area contributed by atoms with Crippen LogP contribution in [0.2, 0.25) is 0 Å². The first-order chi connectivity index (χ1) is 17.1. The van der Waals surface area contributed by atoms with Crippen molar-refractivity contribution in [3.05, 3.63) is 43.0 Å². The Morgan fingerprint density at radius 3 is 2.89 bits per heavy atom. The van der Waals surface area contributed by atoms with Gasteiger partial charge in [-0.25, -0.2) is 14.4 Å². The lowest BCUT2D eigenvalue weighted by molar-refractivity contribution is -0.117. The van der Waals surface area contributed by atoms with E-state index < -0.39 is 5.82 Å². The van der Waals surface area contributed by atoms with Crippen LogP contribution in [0.4, 0.5) is 10.3 Å². The summed E-state index contributed by atoms with van der Waals surface area (Å²) in [5.41, 5.74) is 1.06. The second-order valence-electron chi connectivity index (χ2n) is 8.05. The second-order valence-corrected chi connectivity index (χ2v) is 8.05. The summed E-state index contributed by atoms with van der Waals surface area (Å²) in [6.07, 6.45) is 5.05. The first-order valence-electron chi connectivity index (χ1n) is 11.1. The van der Waals surface area contributed by atoms with E-state index in [0.29, 0.717) is 61.1 Å². The van der Waals surface area contributed by atoms with E-state index >= 15 is 4.39 Å². The Kier molecular flexibility index (Phi) is 6.32. The molecule has 1 fully saturated rings. The molecule has 0 radical (unpaired) electrons. The van der Waals surface area contributed by atoms with Crippen LogP contribution >= 0.6 is 0 Å². The lowest BCUT2D eigenvalue weighted by Crippen LogP contribution is -2.52. The Labute approximate surface area is 200 Å². The lowest BCUT2D eigenvalue weighted by Gasteiger charge is -2.32. The molecule has 2 N–H and O–H groups in total. The Hall–Kier alpha value is -3.99. The number of hydrogen-bond acceptors (Lipinski definition) is 9. The van der Waals surface area contributed by atoms with E-state index in [-0.39, 0.29) is 35.1 Å². The molecule has 35 heavy (non-hydrogen) atoms. The van der Waals surface area contributed by atoms with Crippen molar-refractivity contribution in [1.29, 1.82) is 0 Å². The molecule has 10 nitrogen and oxygen atoms in total. The van der Waals surface area contributed by atoms with Crippen molar-refractivity contribution in [3.63, 3.8) is 0 Å². The molecule has 1 aromatic carbocycles. The second kappa shape index (κ2) is 9.71. The van der Waals surface area contributed by atoms with Gasteiger partial charge < -0.3 is 29.6 Å². The third-order valence-electron chi connectivity index (χ3n) is 5.86. The lowest BCUT2D eigenvalue weighted by atomic mass is 10.0. The minimum absolute atomic E-state index is 0.0368. The van der Waals surface area contributed by atoms with Crippen LogP contribution in [0.15, 0.2) is 37.2 Å². The van der Waals surface area contributed by atoms with Crippen LogP contribution in [0.1, 0.15) is 6.42 Å². The molecule has 4 heterocycles. The maximum Gasteiger partial charge on any atom is 0.243 e. The number of hydrogen-bond donors (Lipinski definition) is 2. The van der Waals surface area contributed by atoms with Gasteiger partial charge in [-0.3, -0.25) is 9.78 Å². The largest absolute Gasteiger partial charge is 0.494 e. The zero-order valence-corrected chi connectivity index (χ0v) is 19.0. The molecule has 5 rings (SSSR count). The monoisotopic (exact) mass is 481 g/mol. The molecule has 2 aromatic heterocycles. The van der Waals surface area contributed by atoms with Crippen LogP contribution in [0.5, 0.6) is 17.2 Å². The quantitative estimate of drug-likeness (QED) is 0.512. The number of nitrogens with one attached hydrogen (secondary N) is 2. The van der Waals surface area contributed by atoms with Gasteiger partial charge in [-0.05, 0) is 18.6 Å². The number of pyridine rings is 1. The summed E-state index contributed by atoms with van der Waals surface area (Å²) in [5.74, 6) is 0.242. The van der Waals surface area contributed by atoms with Crippen molar-refractivity contribution >= 4 is 22.8 Å². The smallest absolute Gasteiger partial charge is 0.243 e. The standard InChI is InChI=1S/C24H24FN5O5/c1-3-20(31)28-14-4-5-33-12-17(14)30-24-27-10-13-8-15(26-11-16(13)29-24)21-22(25)18(32-2)9-19-23(21)35-7-6-34-19/h3,8-11,14,17H,1,4-7,12H2,2H3,(H,28,31)(H,27,29,30)/t14-,17+/m0/s1. The molecular weight excluding hydrogens is 457 g/mol. The average molecular weight is 481 g/mol. The molecule has 1 saturated heterocycles. The Balaban J connectivity index is 1.44. The van der Waals surface area contributed by atoms with Crippen molar-refractivity contribution in [2.75, 3.05) is 38.9 Å². The highest BCUT2D eigenvalue weighted by molar-refractivity contribution is 5.87. The number of carbonyl (C=O) groups is 1. The van der Waals surface area contributed by atoms with E-state index in [0.717, 1.165) is 0 Å². The van der Waals surface area contributed by atoms with Gasteiger partial charge in [-0.1, -0.05) is 6.58 Å². The number of aromatic nitrogens is 3. The SMILES string of the molecule is C=CC(=O)N[C@H]1CCOC[C@H]1Nc1ncc2cc(-c3c(F)c(OC)cc4c3OCCO4)ncc2n1. The minimum Gasteiger partial charge on any atom is -0.494 e. The molecular formula is C24H24FN5O5. The molecule has 0 aliphatic carbocycles. The Morgan fingerprint density at radius 2 is 2.06 bits per heavy atom. The van der Waals surface area contributed by atoms with Gasteiger partial charge in [0.2, 0.25) is 11.9 Å². The molecule has 11 heteroatoms. The van der Waals surface area contributed by atoms with Crippen molar-refractivity contribution in [3.8, 4) is 28.5 Å². The summed E-state index contributed by atoms with van der Waals surface area (Å²) in [6.45, 7) is 5.10. The highest BCUT2D eigenvalue weighted by Gasteiger charge is 2.28. The third kappa shape index (κ3) is 4.54. The molecule has 182 valence electrons. The Bertz CT molecular complexity index is 1290. The molecule has 0 saturated carbocycles. The highest BCUT2D eigenvalue weighted by atomic mass is 19.1. The molecule has 0 bridgehead atoms. The number of methoxy groups -OCH3 is 1. The van der Waals surface area contributed by atoms with Crippen molar-refractivity contribution in [1.82, 2.24) is 20.3 Å². The first-order valence-corrected chi connectivity index (χ1v) is 11.1. The summed E-state index contributed by atoms with van der Waals surface area (Å²) in [4.78, 5) is 25.1. The van der Waals surface area contributed by atoms with Gasteiger partial charge >= 0.3 is 0 Å². The normalized spacial score (nSPS) is 19.1. The molecule has 2 aliphatic rings. The Morgan fingerprint density at radius 1 is 1.20 bits per heavy atom. The number of fused-ring (bicyclic) bond motifs is 2. The number of anilines is 1. The maximum absolute atomic E-state index is 15.2. The van der Waals surface area contributed by atoms with Gasteiger partial charge in [0.25, 0.3) is 0 Å². The third-order valence-corrected chi connectivity index (χ3v) is 5.86. The predicted octanol–water partition coefficient (Wildman–Crippen LogP) is 2.48. The molecule has 1 amide bonds. The van der Waals surface area contributed by atoms with Crippen LogP contribution in [0.3, 0.4) is 0 Å². The van der Waals surface area contributed by atoms with E-state index in [1.54, 1.807) is 18.5 Å². The fourth-order valence-corrected chi connectivity index (χ4v) is 4.12. The summed E-state index contributed by atoms with van der Waals surface area (Å²) in [5, 5.41) is 6.79. The van der Waals surface area contributed by atoms with Crippen LogP contribution in [-0.2, 0) is 9.53 Å². The molecule has 2 aliphatic heterocycles. The van der Waals surface area contributed by atoms with Gasteiger partial charge in [0.05, 0.1) is 48.8 Å². The zero-order chi connectivity index (χ0) is 24.4. The van der Waals surface area contributed by atoms with Crippen molar-refractivity contribution in [2.24, 2.45) is 0 Å². The summed E-state index contributed by atoms with van der Waals surface area (Å²) in [6, 6.07) is 2.78. The first kappa shape index (κ1) is 22.8. The number of amides is 1. The van der Waals surface area contributed by atoms with Crippen LogP contribution in [0.25, 0.3) is 22.2 Å². The number of halogens is 1. The topological polar surface area (TPSA) is 117 Å². The van der Waals surface area contributed by atoms with Crippen LogP contribution in [-0.4, -0.2) is 66.5 Å². The summed E-state index contributed by atoms with van der Waals surface area (Å²) < 4.78 is 37.3. The van der Waals surface area contributed by atoms with Gasteiger partial charge in [-0.2, -0.15) is 0 Å². The fourth-order valence-electron chi connectivity index (χ4n) is 4.12.